The van der Waals surface area contributed by atoms with E-state index in [2.05, 4.69) is 0 Å². The van der Waals surface area contributed by atoms with Crippen LogP contribution in [0.25, 0.3) is 0 Å². The number of hydrogen-bond acceptors (Lipinski definition) is 2. The van der Waals surface area contributed by atoms with E-state index in [1.165, 1.54) is 0 Å². The molecule has 0 saturated heterocycles. The first-order valence-corrected chi connectivity index (χ1v) is 6.32. The standard InChI is InChI=1S/C16H14O3/c17-16(18)9-8-11-5-3-7-15-13(11)10-12-4-1-2-6-14(12)19-15/h1-7H,8-10H2,(H,17,18). The van der Waals surface area contributed by atoms with Crippen LogP contribution in [0.5, 0.6) is 11.5 Å². The Hall–Kier alpha value is -2.29. The normalized spacial score (nSPS) is 12.2. The lowest BCUT2D eigenvalue weighted by atomic mass is 9.94. The summed E-state index contributed by atoms with van der Waals surface area (Å²) in [7, 11) is 0. The predicted molar refractivity (Wildman–Crippen MR) is 71.7 cm³/mol. The Balaban J connectivity index is 1.94. The van der Waals surface area contributed by atoms with Gasteiger partial charge < -0.3 is 9.84 Å². The molecule has 3 nitrogen and oxygen atoms in total. The summed E-state index contributed by atoms with van der Waals surface area (Å²) in [5, 5.41) is 8.81. The molecule has 0 fully saturated rings. The van der Waals surface area contributed by atoms with Crippen molar-refractivity contribution < 1.29 is 14.6 Å². The molecule has 1 N–H and O–H groups in total. The van der Waals surface area contributed by atoms with Crippen LogP contribution in [0.15, 0.2) is 42.5 Å². The van der Waals surface area contributed by atoms with Crippen LogP contribution < -0.4 is 4.74 Å². The van der Waals surface area contributed by atoms with Crippen molar-refractivity contribution in [1.82, 2.24) is 0 Å². The summed E-state index contributed by atoms with van der Waals surface area (Å²) in [6, 6.07) is 13.8. The Bertz CT molecular complexity index is 632. The summed E-state index contributed by atoms with van der Waals surface area (Å²) < 4.78 is 5.88. The van der Waals surface area contributed by atoms with E-state index in [1.54, 1.807) is 0 Å². The van der Waals surface area contributed by atoms with Gasteiger partial charge in [-0.3, -0.25) is 4.79 Å². The summed E-state index contributed by atoms with van der Waals surface area (Å²) in [5.41, 5.74) is 3.33. The highest BCUT2D eigenvalue weighted by Gasteiger charge is 2.19. The molecule has 0 unspecified atom stereocenters. The zero-order valence-electron chi connectivity index (χ0n) is 10.4. The van der Waals surface area contributed by atoms with Crippen LogP contribution >= 0.6 is 0 Å². The third kappa shape index (κ3) is 2.32. The first-order chi connectivity index (χ1) is 9.24. The van der Waals surface area contributed by atoms with Crippen molar-refractivity contribution in [1.29, 1.82) is 0 Å². The Morgan fingerprint density at radius 1 is 1.11 bits per heavy atom. The highest BCUT2D eigenvalue weighted by Crippen LogP contribution is 2.38. The fourth-order valence-electron chi connectivity index (χ4n) is 2.44. The van der Waals surface area contributed by atoms with Gasteiger partial charge in [-0.05, 0) is 29.7 Å². The summed E-state index contributed by atoms with van der Waals surface area (Å²) in [6.07, 6.45) is 1.50. The Kier molecular flexibility index (Phi) is 2.95. The van der Waals surface area contributed by atoms with E-state index in [9.17, 15) is 4.79 Å². The molecule has 0 saturated carbocycles. The first-order valence-electron chi connectivity index (χ1n) is 6.32. The van der Waals surface area contributed by atoms with Crippen molar-refractivity contribution in [3.8, 4) is 11.5 Å². The van der Waals surface area contributed by atoms with Crippen molar-refractivity contribution in [2.75, 3.05) is 0 Å². The van der Waals surface area contributed by atoms with Crippen LogP contribution in [0.2, 0.25) is 0 Å². The molecule has 0 spiro atoms. The van der Waals surface area contributed by atoms with Crippen molar-refractivity contribution in [2.45, 2.75) is 19.3 Å². The van der Waals surface area contributed by atoms with Crippen LogP contribution in [0.1, 0.15) is 23.1 Å². The van der Waals surface area contributed by atoms with Crippen LogP contribution in [0, 0.1) is 0 Å². The van der Waals surface area contributed by atoms with Gasteiger partial charge in [0, 0.05) is 18.4 Å². The molecule has 0 atom stereocenters. The molecule has 3 rings (SSSR count). The molecule has 96 valence electrons. The maximum absolute atomic E-state index is 10.7. The van der Waals surface area contributed by atoms with Crippen molar-refractivity contribution >= 4 is 5.97 Å². The van der Waals surface area contributed by atoms with E-state index < -0.39 is 5.97 Å². The molecule has 2 aromatic rings. The second kappa shape index (κ2) is 4.76. The Labute approximate surface area is 111 Å². The second-order valence-electron chi connectivity index (χ2n) is 4.67. The minimum Gasteiger partial charge on any atom is -0.481 e. The van der Waals surface area contributed by atoms with Crippen LogP contribution in [0.3, 0.4) is 0 Å². The molecule has 0 amide bonds. The molecule has 2 aromatic carbocycles. The second-order valence-corrected chi connectivity index (χ2v) is 4.67. The number of ether oxygens (including phenoxy) is 1. The topological polar surface area (TPSA) is 46.5 Å². The molecular weight excluding hydrogens is 240 g/mol. The number of para-hydroxylation sites is 1. The van der Waals surface area contributed by atoms with Gasteiger partial charge >= 0.3 is 5.97 Å². The molecule has 0 aliphatic carbocycles. The molecule has 1 heterocycles. The molecule has 0 bridgehead atoms. The number of benzene rings is 2. The predicted octanol–water partition coefficient (Wildman–Crippen LogP) is 3.40. The average molecular weight is 254 g/mol. The van der Waals surface area contributed by atoms with Gasteiger partial charge in [0.05, 0.1) is 0 Å². The van der Waals surface area contributed by atoms with Gasteiger partial charge in [-0.2, -0.15) is 0 Å². The van der Waals surface area contributed by atoms with Gasteiger partial charge in [0.25, 0.3) is 0 Å². The van der Waals surface area contributed by atoms with Crippen molar-refractivity contribution in [3.63, 3.8) is 0 Å². The van der Waals surface area contributed by atoms with Crippen molar-refractivity contribution in [2.24, 2.45) is 0 Å². The number of hydrogen-bond donors (Lipinski definition) is 1. The van der Waals surface area contributed by atoms with Gasteiger partial charge in [0.1, 0.15) is 11.5 Å². The summed E-state index contributed by atoms with van der Waals surface area (Å²) in [4.78, 5) is 10.7. The Morgan fingerprint density at radius 3 is 2.74 bits per heavy atom. The first kappa shape index (κ1) is 11.8. The Morgan fingerprint density at radius 2 is 1.89 bits per heavy atom. The lowest BCUT2D eigenvalue weighted by Crippen LogP contribution is -2.07. The molecule has 1 aliphatic heterocycles. The highest BCUT2D eigenvalue weighted by molar-refractivity contribution is 5.67. The maximum atomic E-state index is 10.7. The fourth-order valence-corrected chi connectivity index (χ4v) is 2.44. The lowest BCUT2D eigenvalue weighted by molar-refractivity contribution is -0.136. The van der Waals surface area contributed by atoms with Crippen molar-refractivity contribution in [3.05, 3.63) is 59.2 Å². The minimum absolute atomic E-state index is 0.151. The number of fused-ring (bicyclic) bond motifs is 2. The molecule has 0 radical (unpaired) electrons. The molecular formula is C16H14O3. The van der Waals surface area contributed by atoms with E-state index >= 15 is 0 Å². The summed E-state index contributed by atoms with van der Waals surface area (Å²) in [6.45, 7) is 0. The van der Waals surface area contributed by atoms with Gasteiger partial charge in [-0.25, -0.2) is 0 Å². The smallest absolute Gasteiger partial charge is 0.303 e. The molecule has 19 heavy (non-hydrogen) atoms. The van der Waals surface area contributed by atoms with E-state index in [1.807, 2.05) is 42.5 Å². The van der Waals surface area contributed by atoms with Gasteiger partial charge in [-0.15, -0.1) is 0 Å². The number of carbonyl (C=O) groups is 1. The van der Waals surface area contributed by atoms with E-state index in [-0.39, 0.29) is 6.42 Å². The van der Waals surface area contributed by atoms with Crippen LogP contribution in [-0.4, -0.2) is 11.1 Å². The number of carboxylic acid groups (broad SMARTS) is 1. The highest BCUT2D eigenvalue weighted by atomic mass is 16.5. The van der Waals surface area contributed by atoms with E-state index in [0.717, 1.165) is 34.6 Å². The third-order valence-electron chi connectivity index (χ3n) is 3.40. The monoisotopic (exact) mass is 254 g/mol. The van der Waals surface area contributed by atoms with Crippen LogP contribution in [0.4, 0.5) is 0 Å². The average Bonchev–Trinajstić information content (AvgIpc) is 2.42. The third-order valence-corrected chi connectivity index (χ3v) is 3.40. The molecule has 0 aromatic heterocycles. The zero-order valence-corrected chi connectivity index (χ0v) is 10.4. The lowest BCUT2D eigenvalue weighted by Gasteiger charge is -2.22. The summed E-state index contributed by atoms with van der Waals surface area (Å²) >= 11 is 0. The maximum Gasteiger partial charge on any atom is 0.303 e. The largest absolute Gasteiger partial charge is 0.481 e. The molecule has 1 aliphatic rings. The number of carboxylic acids is 1. The van der Waals surface area contributed by atoms with E-state index in [4.69, 9.17) is 9.84 Å². The quantitative estimate of drug-likeness (QED) is 0.779. The molecule has 3 heteroatoms. The summed E-state index contributed by atoms with van der Waals surface area (Å²) in [5.74, 6) is 0.974. The number of aliphatic carboxylic acids is 1. The SMILES string of the molecule is O=C(O)CCc1cccc2c1Cc1ccccc1O2. The number of rotatable bonds is 3. The van der Waals surface area contributed by atoms with Gasteiger partial charge in [0.15, 0.2) is 0 Å². The van der Waals surface area contributed by atoms with E-state index in [0.29, 0.717) is 6.42 Å². The van der Waals surface area contributed by atoms with Gasteiger partial charge in [-0.1, -0.05) is 30.3 Å². The van der Waals surface area contributed by atoms with Crippen LogP contribution in [-0.2, 0) is 17.6 Å². The van der Waals surface area contributed by atoms with Gasteiger partial charge in [0.2, 0.25) is 0 Å². The zero-order chi connectivity index (χ0) is 13.2. The fraction of sp³-hybridized carbons (Fsp3) is 0.188. The number of aryl methyl sites for hydroxylation is 1. The minimum atomic E-state index is -0.769.